The highest BCUT2D eigenvalue weighted by atomic mass is 16.5. The molecular weight excluding hydrogens is 440 g/mol. The van der Waals surface area contributed by atoms with E-state index in [9.17, 15) is 0 Å². The lowest BCUT2D eigenvalue weighted by molar-refractivity contribution is 0.0662. The summed E-state index contributed by atoms with van der Waals surface area (Å²) < 4.78 is 9.34. The number of ether oxygens (including phenoxy) is 1. The van der Waals surface area contributed by atoms with Gasteiger partial charge in [-0.3, -0.25) is 9.36 Å². The van der Waals surface area contributed by atoms with E-state index in [2.05, 4.69) is 28.5 Å². The average Bonchev–Trinajstić information content (AvgIpc) is 3.55. The third-order valence-electron chi connectivity index (χ3n) is 6.54. The number of benzene rings is 1. The van der Waals surface area contributed by atoms with Gasteiger partial charge in [0.2, 0.25) is 0 Å². The molecule has 0 spiro atoms. The zero-order valence-electron chi connectivity index (χ0n) is 20.0. The molecule has 1 aromatic carbocycles. The number of hydrogen-bond donors (Lipinski definition) is 0. The smallest absolute Gasteiger partial charge is 0.182 e. The Labute approximate surface area is 202 Å². The highest BCUT2D eigenvalue weighted by Crippen LogP contribution is 2.31. The second-order valence-corrected chi connectivity index (χ2v) is 9.00. The Morgan fingerprint density at radius 2 is 1.60 bits per heavy atom. The average molecular weight is 467 g/mol. The van der Waals surface area contributed by atoms with Gasteiger partial charge in [-0.15, -0.1) is 0 Å². The van der Waals surface area contributed by atoms with Crippen LogP contribution in [-0.4, -0.2) is 52.7 Å². The molecule has 0 unspecified atom stereocenters. The molecule has 0 amide bonds. The van der Waals surface area contributed by atoms with Gasteiger partial charge in [0.05, 0.1) is 29.8 Å². The Morgan fingerprint density at radius 1 is 0.829 bits per heavy atom. The molecule has 0 radical (unpaired) electrons. The van der Waals surface area contributed by atoms with Crippen molar-refractivity contribution in [3.8, 4) is 33.8 Å². The first-order valence-corrected chi connectivity index (χ1v) is 11.8. The van der Waals surface area contributed by atoms with E-state index in [1.807, 2.05) is 56.3 Å². The van der Waals surface area contributed by atoms with Crippen LogP contribution in [0.4, 0.5) is 0 Å². The molecule has 1 fully saturated rings. The molecule has 9 nitrogen and oxygen atoms in total. The normalized spacial score (nSPS) is 14.6. The van der Waals surface area contributed by atoms with E-state index in [4.69, 9.17) is 24.7 Å². The SMILES string of the molecule is Cc1nc2nc(-c3cccc(-c4cnn(C)c4)c3)nc(-c3cnn(C4CCOCC4)c3)c2nc1C. The van der Waals surface area contributed by atoms with Crippen LogP contribution in [0.3, 0.4) is 0 Å². The van der Waals surface area contributed by atoms with Crippen molar-refractivity contribution in [2.24, 2.45) is 7.05 Å². The summed E-state index contributed by atoms with van der Waals surface area (Å²) in [4.78, 5) is 19.4. The van der Waals surface area contributed by atoms with Gasteiger partial charge in [-0.05, 0) is 38.3 Å². The summed E-state index contributed by atoms with van der Waals surface area (Å²) in [5.74, 6) is 0.606. The molecule has 6 rings (SSSR count). The van der Waals surface area contributed by atoms with Gasteiger partial charge in [-0.25, -0.2) is 19.9 Å². The fourth-order valence-corrected chi connectivity index (χ4v) is 4.46. The van der Waals surface area contributed by atoms with Crippen LogP contribution < -0.4 is 0 Å². The molecule has 35 heavy (non-hydrogen) atoms. The van der Waals surface area contributed by atoms with Crippen molar-refractivity contribution in [1.82, 2.24) is 39.5 Å². The summed E-state index contributed by atoms with van der Waals surface area (Å²) in [6.45, 7) is 5.44. The van der Waals surface area contributed by atoms with Gasteiger partial charge in [0.1, 0.15) is 11.2 Å². The topological polar surface area (TPSA) is 96.4 Å². The highest BCUT2D eigenvalue weighted by Gasteiger charge is 2.20. The van der Waals surface area contributed by atoms with Gasteiger partial charge in [0.15, 0.2) is 11.5 Å². The monoisotopic (exact) mass is 466 g/mol. The van der Waals surface area contributed by atoms with Crippen LogP contribution in [0.1, 0.15) is 30.3 Å². The quantitative estimate of drug-likeness (QED) is 0.389. The van der Waals surface area contributed by atoms with Gasteiger partial charge in [0, 0.05) is 49.3 Å². The molecule has 0 bridgehead atoms. The van der Waals surface area contributed by atoms with Crippen molar-refractivity contribution < 1.29 is 4.74 Å². The lowest BCUT2D eigenvalue weighted by Gasteiger charge is -2.22. The molecule has 0 N–H and O–H groups in total. The number of aromatic nitrogens is 8. The lowest BCUT2D eigenvalue weighted by atomic mass is 10.1. The van der Waals surface area contributed by atoms with E-state index in [1.54, 1.807) is 4.68 Å². The third kappa shape index (κ3) is 4.08. The predicted octanol–water partition coefficient (Wildman–Crippen LogP) is 4.32. The second-order valence-electron chi connectivity index (χ2n) is 9.00. The number of fused-ring (bicyclic) bond motifs is 1. The molecule has 0 saturated carbocycles. The van der Waals surface area contributed by atoms with Crippen LogP contribution in [0.25, 0.3) is 44.9 Å². The van der Waals surface area contributed by atoms with E-state index in [1.165, 1.54) is 0 Å². The number of rotatable bonds is 4. The van der Waals surface area contributed by atoms with Crippen molar-refractivity contribution in [2.75, 3.05) is 13.2 Å². The lowest BCUT2D eigenvalue weighted by Crippen LogP contribution is -2.19. The maximum absolute atomic E-state index is 5.52. The molecule has 1 saturated heterocycles. The number of aryl methyl sites for hydroxylation is 3. The summed E-state index contributed by atoms with van der Waals surface area (Å²) in [6, 6.07) is 8.51. The Morgan fingerprint density at radius 3 is 2.40 bits per heavy atom. The van der Waals surface area contributed by atoms with E-state index >= 15 is 0 Å². The van der Waals surface area contributed by atoms with Crippen LogP contribution in [0.15, 0.2) is 49.1 Å². The number of hydrogen-bond acceptors (Lipinski definition) is 7. The number of nitrogens with zero attached hydrogens (tertiary/aromatic N) is 8. The fraction of sp³-hybridized carbons (Fsp3) is 0.308. The maximum atomic E-state index is 5.52. The molecule has 0 atom stereocenters. The van der Waals surface area contributed by atoms with Gasteiger partial charge < -0.3 is 4.74 Å². The molecule has 0 aliphatic carbocycles. The van der Waals surface area contributed by atoms with Crippen LogP contribution in [0, 0.1) is 13.8 Å². The molecule has 5 heterocycles. The highest BCUT2D eigenvalue weighted by molar-refractivity contribution is 5.88. The van der Waals surface area contributed by atoms with Gasteiger partial charge in [-0.2, -0.15) is 10.2 Å². The van der Waals surface area contributed by atoms with Gasteiger partial charge in [0.25, 0.3) is 0 Å². The van der Waals surface area contributed by atoms with Crippen molar-refractivity contribution in [2.45, 2.75) is 32.7 Å². The molecule has 9 heteroatoms. The zero-order valence-corrected chi connectivity index (χ0v) is 20.0. The molecular formula is C26H26N8O. The maximum Gasteiger partial charge on any atom is 0.182 e. The summed E-state index contributed by atoms with van der Waals surface area (Å²) in [7, 11) is 1.91. The van der Waals surface area contributed by atoms with Crippen molar-refractivity contribution in [3.05, 3.63) is 60.4 Å². The first kappa shape index (κ1) is 21.5. The molecule has 176 valence electrons. The predicted molar refractivity (Wildman–Crippen MR) is 133 cm³/mol. The van der Waals surface area contributed by atoms with Gasteiger partial charge >= 0.3 is 0 Å². The Bertz CT molecular complexity index is 1530. The van der Waals surface area contributed by atoms with Gasteiger partial charge in [-0.1, -0.05) is 18.2 Å². The first-order valence-electron chi connectivity index (χ1n) is 11.8. The Balaban J connectivity index is 1.49. The fourth-order valence-electron chi connectivity index (χ4n) is 4.46. The summed E-state index contributed by atoms with van der Waals surface area (Å²) >= 11 is 0. The minimum absolute atomic E-state index is 0.330. The van der Waals surface area contributed by atoms with Crippen molar-refractivity contribution in [1.29, 1.82) is 0 Å². The summed E-state index contributed by atoms with van der Waals surface area (Å²) in [6.07, 6.45) is 9.68. The van der Waals surface area contributed by atoms with Crippen molar-refractivity contribution >= 4 is 11.2 Å². The second kappa shape index (κ2) is 8.66. The molecule has 1 aliphatic rings. The van der Waals surface area contributed by atoms with Crippen molar-refractivity contribution in [3.63, 3.8) is 0 Å². The summed E-state index contributed by atoms with van der Waals surface area (Å²) in [5, 5.41) is 8.96. The van der Waals surface area contributed by atoms with Crippen LogP contribution in [0.2, 0.25) is 0 Å². The van der Waals surface area contributed by atoms with E-state index < -0.39 is 0 Å². The Hall–Kier alpha value is -3.98. The third-order valence-corrected chi connectivity index (χ3v) is 6.54. The molecule has 1 aliphatic heterocycles. The van der Waals surface area contributed by atoms with E-state index in [0.29, 0.717) is 23.0 Å². The standard InChI is InChI=1S/C26H26N8O/c1-16-17(2)30-26-24(29-16)23(21-13-28-34(15-21)22-7-9-35-10-8-22)31-25(32-26)19-6-4-5-18(11-19)20-12-27-33(3)14-20/h4-6,11-15,22H,7-10H2,1-3H3. The van der Waals surface area contributed by atoms with E-state index in [-0.39, 0.29) is 0 Å². The van der Waals surface area contributed by atoms with E-state index in [0.717, 1.165) is 65.4 Å². The molecule has 5 aromatic rings. The largest absolute Gasteiger partial charge is 0.381 e. The Kier molecular flexibility index (Phi) is 5.33. The minimum Gasteiger partial charge on any atom is -0.381 e. The summed E-state index contributed by atoms with van der Waals surface area (Å²) in [5.41, 5.74) is 7.65. The van der Waals surface area contributed by atoms with Crippen LogP contribution >= 0.6 is 0 Å². The minimum atomic E-state index is 0.330. The zero-order chi connectivity index (χ0) is 23.9. The molecule has 4 aromatic heterocycles. The van der Waals surface area contributed by atoms with Crippen LogP contribution in [-0.2, 0) is 11.8 Å². The van der Waals surface area contributed by atoms with Crippen LogP contribution in [0.5, 0.6) is 0 Å². The first-order chi connectivity index (χ1) is 17.0.